The number of rotatable bonds is 7. The van der Waals surface area contributed by atoms with Crippen molar-refractivity contribution in [1.29, 1.82) is 0 Å². The highest BCUT2D eigenvalue weighted by molar-refractivity contribution is 7.10. The van der Waals surface area contributed by atoms with Crippen molar-refractivity contribution in [3.63, 3.8) is 0 Å². The van der Waals surface area contributed by atoms with Gasteiger partial charge in [-0.05, 0) is 42.8 Å². The number of aryl methyl sites for hydroxylation is 3. The van der Waals surface area contributed by atoms with Gasteiger partial charge in [-0.15, -0.1) is 11.3 Å². The molecule has 0 fully saturated rings. The molecule has 24 heavy (non-hydrogen) atoms. The molecular weight excluding hydrogens is 322 g/mol. The number of ether oxygens (including phenoxy) is 1. The van der Waals surface area contributed by atoms with Crippen molar-refractivity contribution in [3.8, 4) is 0 Å². The number of esters is 1. The van der Waals surface area contributed by atoms with Gasteiger partial charge in [0.1, 0.15) is 0 Å². The Morgan fingerprint density at radius 2 is 2.04 bits per heavy atom. The van der Waals surface area contributed by atoms with Gasteiger partial charge in [-0.3, -0.25) is 9.59 Å². The summed E-state index contributed by atoms with van der Waals surface area (Å²) in [4.78, 5) is 24.9. The second kappa shape index (κ2) is 8.64. The van der Waals surface area contributed by atoms with Gasteiger partial charge in [-0.2, -0.15) is 0 Å². The summed E-state index contributed by atoms with van der Waals surface area (Å²) in [6.45, 7) is 4.12. The fourth-order valence-electron chi connectivity index (χ4n) is 2.60. The monoisotopic (exact) mass is 345 g/mol. The molecule has 0 saturated carbocycles. The fourth-order valence-corrected chi connectivity index (χ4v) is 3.38. The summed E-state index contributed by atoms with van der Waals surface area (Å²) >= 11 is 1.52. The highest BCUT2D eigenvalue weighted by Gasteiger charge is 2.19. The van der Waals surface area contributed by atoms with E-state index in [-0.39, 0.29) is 24.3 Å². The molecule has 1 aromatic heterocycles. The summed E-state index contributed by atoms with van der Waals surface area (Å²) in [5.41, 5.74) is 3.60. The molecule has 0 radical (unpaired) electrons. The lowest BCUT2D eigenvalue weighted by Crippen LogP contribution is -2.30. The third-order valence-electron chi connectivity index (χ3n) is 3.94. The Balaban J connectivity index is 1.96. The van der Waals surface area contributed by atoms with Gasteiger partial charge in [-0.25, -0.2) is 0 Å². The minimum atomic E-state index is -0.330. The average molecular weight is 345 g/mol. The predicted octanol–water partition coefficient (Wildman–Crippen LogP) is 3.72. The van der Waals surface area contributed by atoms with Crippen molar-refractivity contribution < 1.29 is 14.3 Å². The Labute approximate surface area is 146 Å². The smallest absolute Gasteiger partial charge is 0.307 e. The highest BCUT2D eigenvalue weighted by atomic mass is 32.1. The third kappa shape index (κ3) is 5.20. The van der Waals surface area contributed by atoms with Gasteiger partial charge < -0.3 is 10.1 Å². The summed E-state index contributed by atoms with van der Waals surface area (Å²) in [6.07, 6.45) is 1.23. The summed E-state index contributed by atoms with van der Waals surface area (Å²) in [5, 5.41) is 4.89. The zero-order valence-corrected chi connectivity index (χ0v) is 15.1. The number of nitrogens with one attached hydrogen (secondary N) is 1. The van der Waals surface area contributed by atoms with E-state index in [0.717, 1.165) is 4.88 Å². The first kappa shape index (κ1) is 18.2. The van der Waals surface area contributed by atoms with E-state index < -0.39 is 0 Å². The third-order valence-corrected chi connectivity index (χ3v) is 4.93. The first-order valence-corrected chi connectivity index (χ1v) is 8.83. The molecule has 1 N–H and O–H groups in total. The molecule has 0 aliphatic heterocycles. The van der Waals surface area contributed by atoms with Crippen LogP contribution in [-0.4, -0.2) is 19.0 Å². The maximum atomic E-state index is 12.3. The normalized spacial score (nSPS) is 11.8. The molecule has 2 aromatic rings. The average Bonchev–Trinajstić information content (AvgIpc) is 3.07. The molecule has 0 bridgehead atoms. The number of hydrogen-bond acceptors (Lipinski definition) is 4. The SMILES string of the molecule is COC(=O)CC(NC(=O)CCc1ccc(C)cc1C)c1cccs1. The maximum absolute atomic E-state index is 12.3. The fraction of sp³-hybridized carbons (Fsp3) is 0.368. The zero-order chi connectivity index (χ0) is 17.5. The molecule has 4 nitrogen and oxygen atoms in total. The van der Waals surface area contributed by atoms with Crippen LogP contribution >= 0.6 is 11.3 Å². The molecule has 0 aliphatic rings. The standard InChI is InChI=1S/C19H23NO3S/c1-13-6-7-15(14(2)11-13)8-9-18(21)20-16(12-19(22)23-3)17-5-4-10-24-17/h4-7,10-11,16H,8-9,12H2,1-3H3,(H,20,21). The van der Waals surface area contributed by atoms with E-state index in [0.29, 0.717) is 12.8 Å². The number of thiophene rings is 1. The number of hydrogen-bond donors (Lipinski definition) is 1. The number of methoxy groups -OCH3 is 1. The predicted molar refractivity (Wildman–Crippen MR) is 96.1 cm³/mol. The van der Waals surface area contributed by atoms with Crippen LogP contribution in [0.15, 0.2) is 35.7 Å². The van der Waals surface area contributed by atoms with Crippen LogP contribution in [0.3, 0.4) is 0 Å². The summed E-state index contributed by atoms with van der Waals surface area (Å²) in [6, 6.07) is 9.76. The van der Waals surface area contributed by atoms with E-state index >= 15 is 0 Å². The van der Waals surface area contributed by atoms with Crippen LogP contribution in [0.2, 0.25) is 0 Å². The van der Waals surface area contributed by atoms with Crippen LogP contribution in [0.4, 0.5) is 0 Å². The Bertz CT molecular complexity index is 695. The minimum absolute atomic E-state index is 0.0581. The van der Waals surface area contributed by atoms with E-state index in [1.165, 1.54) is 35.1 Å². The number of amides is 1. The van der Waals surface area contributed by atoms with E-state index in [1.807, 2.05) is 17.5 Å². The van der Waals surface area contributed by atoms with Crippen LogP contribution in [-0.2, 0) is 20.7 Å². The number of carbonyl (C=O) groups is 2. The Morgan fingerprint density at radius 1 is 1.25 bits per heavy atom. The van der Waals surface area contributed by atoms with Crippen LogP contribution < -0.4 is 5.32 Å². The molecule has 0 aliphatic carbocycles. The molecule has 1 heterocycles. The Hall–Kier alpha value is -2.14. The zero-order valence-electron chi connectivity index (χ0n) is 14.3. The number of benzene rings is 1. The summed E-state index contributed by atoms with van der Waals surface area (Å²) < 4.78 is 4.73. The molecule has 128 valence electrons. The van der Waals surface area contributed by atoms with Gasteiger partial charge in [0.15, 0.2) is 0 Å². The van der Waals surface area contributed by atoms with Crippen molar-refractivity contribution in [2.75, 3.05) is 7.11 Å². The van der Waals surface area contributed by atoms with E-state index in [4.69, 9.17) is 4.74 Å². The van der Waals surface area contributed by atoms with Crippen molar-refractivity contribution in [1.82, 2.24) is 5.32 Å². The van der Waals surface area contributed by atoms with Crippen LogP contribution in [0.5, 0.6) is 0 Å². The minimum Gasteiger partial charge on any atom is -0.469 e. The molecule has 1 atom stereocenters. The second-order valence-corrected chi connectivity index (χ2v) is 6.82. The van der Waals surface area contributed by atoms with E-state index in [9.17, 15) is 9.59 Å². The second-order valence-electron chi connectivity index (χ2n) is 5.85. The van der Waals surface area contributed by atoms with E-state index in [2.05, 4.69) is 37.4 Å². The number of carbonyl (C=O) groups excluding carboxylic acids is 2. The Morgan fingerprint density at radius 3 is 2.67 bits per heavy atom. The van der Waals surface area contributed by atoms with Crippen LogP contribution in [0.1, 0.15) is 40.5 Å². The van der Waals surface area contributed by atoms with Crippen molar-refractivity contribution in [3.05, 3.63) is 57.3 Å². The topological polar surface area (TPSA) is 55.4 Å². The molecule has 0 saturated heterocycles. The largest absolute Gasteiger partial charge is 0.469 e. The Kier molecular flexibility index (Phi) is 6.55. The summed E-state index contributed by atoms with van der Waals surface area (Å²) in [7, 11) is 1.36. The highest BCUT2D eigenvalue weighted by Crippen LogP contribution is 2.23. The lowest BCUT2D eigenvalue weighted by atomic mass is 10.0. The van der Waals surface area contributed by atoms with Crippen molar-refractivity contribution in [2.24, 2.45) is 0 Å². The lowest BCUT2D eigenvalue weighted by Gasteiger charge is -2.16. The molecule has 2 rings (SSSR count). The molecule has 5 heteroatoms. The van der Waals surface area contributed by atoms with Gasteiger partial charge in [0.05, 0.1) is 19.6 Å². The molecular formula is C19H23NO3S. The summed E-state index contributed by atoms with van der Waals surface area (Å²) in [5.74, 6) is -0.389. The molecule has 1 amide bonds. The maximum Gasteiger partial charge on any atom is 0.307 e. The molecule has 0 spiro atoms. The van der Waals surface area contributed by atoms with Gasteiger partial charge in [0.25, 0.3) is 0 Å². The van der Waals surface area contributed by atoms with Gasteiger partial charge in [0.2, 0.25) is 5.91 Å². The quantitative estimate of drug-likeness (QED) is 0.778. The van der Waals surface area contributed by atoms with Crippen LogP contribution in [0.25, 0.3) is 0 Å². The van der Waals surface area contributed by atoms with Crippen LogP contribution in [0, 0.1) is 13.8 Å². The van der Waals surface area contributed by atoms with Gasteiger partial charge in [0, 0.05) is 11.3 Å². The van der Waals surface area contributed by atoms with Crippen molar-refractivity contribution >= 4 is 23.2 Å². The lowest BCUT2D eigenvalue weighted by molar-refractivity contribution is -0.141. The van der Waals surface area contributed by atoms with Gasteiger partial charge in [-0.1, -0.05) is 29.8 Å². The molecule has 1 aromatic carbocycles. The van der Waals surface area contributed by atoms with Crippen molar-refractivity contribution in [2.45, 2.75) is 39.2 Å². The first-order chi connectivity index (χ1) is 11.5. The van der Waals surface area contributed by atoms with E-state index in [1.54, 1.807) is 0 Å². The van der Waals surface area contributed by atoms with Gasteiger partial charge >= 0.3 is 5.97 Å². The molecule has 1 unspecified atom stereocenters. The first-order valence-electron chi connectivity index (χ1n) is 7.95.